The number of amides is 1. The molecule has 0 aliphatic heterocycles. The number of para-hydroxylation sites is 1. The summed E-state index contributed by atoms with van der Waals surface area (Å²) in [6, 6.07) is 32.4. The molecular weight excluding hydrogens is 476 g/mol. The van der Waals surface area contributed by atoms with Gasteiger partial charge >= 0.3 is 0 Å². The Kier molecular flexibility index (Phi) is 7.87. The monoisotopic (exact) mass is 502 g/mol. The van der Waals surface area contributed by atoms with E-state index in [1.165, 1.54) is 10.6 Å². The molecule has 0 fully saturated rings. The van der Waals surface area contributed by atoms with Crippen LogP contribution in [0.2, 0.25) is 0 Å². The quantitative estimate of drug-likeness (QED) is 0.311. The van der Waals surface area contributed by atoms with E-state index in [-0.39, 0.29) is 19.1 Å². The van der Waals surface area contributed by atoms with E-state index in [1.54, 1.807) is 48.5 Å². The third kappa shape index (κ3) is 7.10. The highest BCUT2D eigenvalue weighted by molar-refractivity contribution is 7.92. The third-order valence-electron chi connectivity index (χ3n) is 5.18. The van der Waals surface area contributed by atoms with Crippen molar-refractivity contribution in [3.63, 3.8) is 0 Å². The topological polar surface area (TPSA) is 84.9 Å². The van der Waals surface area contributed by atoms with E-state index in [1.807, 2.05) is 60.7 Å². The first kappa shape index (κ1) is 24.8. The van der Waals surface area contributed by atoms with Gasteiger partial charge in [0.15, 0.2) is 6.61 Å². The second-order valence-electron chi connectivity index (χ2n) is 8.03. The summed E-state index contributed by atoms with van der Waals surface area (Å²) >= 11 is 0. The van der Waals surface area contributed by atoms with Gasteiger partial charge in [-0.25, -0.2) is 8.42 Å². The molecule has 1 amide bonds. The number of benzene rings is 4. The summed E-state index contributed by atoms with van der Waals surface area (Å²) in [5.74, 6) is 1.52. The van der Waals surface area contributed by atoms with Crippen molar-refractivity contribution in [1.29, 1.82) is 0 Å². The van der Waals surface area contributed by atoms with Crippen LogP contribution in [0, 0.1) is 0 Å². The summed E-state index contributed by atoms with van der Waals surface area (Å²) in [6.45, 7) is 0.0267. The molecule has 0 saturated heterocycles. The summed E-state index contributed by atoms with van der Waals surface area (Å²) in [7, 11) is -3.49. The molecule has 0 bridgehead atoms. The summed E-state index contributed by atoms with van der Waals surface area (Å²) in [5, 5.41) is 2.77. The SMILES string of the molecule is CS(=O)(=O)N(Cc1ccccc1)c1ccc(OCC(=O)Nc2ccc(Oc3ccccc3)cc2)cc1. The first-order valence-electron chi connectivity index (χ1n) is 11.2. The van der Waals surface area contributed by atoms with Crippen molar-refractivity contribution in [3.8, 4) is 17.2 Å². The first-order chi connectivity index (χ1) is 17.4. The molecule has 0 aromatic heterocycles. The van der Waals surface area contributed by atoms with Crippen molar-refractivity contribution in [2.75, 3.05) is 22.5 Å². The Hall–Kier alpha value is -4.30. The van der Waals surface area contributed by atoms with Gasteiger partial charge in [0.1, 0.15) is 17.2 Å². The Morgan fingerprint density at radius 3 is 1.92 bits per heavy atom. The molecule has 0 unspecified atom stereocenters. The van der Waals surface area contributed by atoms with E-state index in [2.05, 4.69) is 5.32 Å². The molecule has 1 N–H and O–H groups in total. The first-order valence-corrected chi connectivity index (χ1v) is 13.1. The van der Waals surface area contributed by atoms with Gasteiger partial charge in [-0.15, -0.1) is 0 Å². The number of carbonyl (C=O) groups is 1. The van der Waals surface area contributed by atoms with Crippen molar-refractivity contribution in [2.45, 2.75) is 6.54 Å². The lowest BCUT2D eigenvalue weighted by Gasteiger charge is -2.22. The molecule has 0 spiro atoms. The van der Waals surface area contributed by atoms with Crippen LogP contribution >= 0.6 is 0 Å². The minimum atomic E-state index is -3.49. The second-order valence-corrected chi connectivity index (χ2v) is 9.93. The fourth-order valence-electron chi connectivity index (χ4n) is 3.43. The van der Waals surface area contributed by atoms with Crippen LogP contribution in [0.15, 0.2) is 109 Å². The average Bonchev–Trinajstić information content (AvgIpc) is 2.88. The smallest absolute Gasteiger partial charge is 0.262 e. The summed E-state index contributed by atoms with van der Waals surface area (Å²) in [5.41, 5.74) is 2.00. The van der Waals surface area contributed by atoms with Crippen LogP contribution in [0.3, 0.4) is 0 Å². The normalized spacial score (nSPS) is 10.9. The molecule has 0 atom stereocenters. The zero-order chi connectivity index (χ0) is 25.4. The minimum absolute atomic E-state index is 0.193. The van der Waals surface area contributed by atoms with Crippen LogP contribution < -0.4 is 19.1 Å². The van der Waals surface area contributed by atoms with Crippen LogP contribution in [0.1, 0.15) is 5.56 Å². The maximum atomic E-state index is 12.4. The minimum Gasteiger partial charge on any atom is -0.484 e. The van der Waals surface area contributed by atoms with Crippen LogP contribution in [-0.4, -0.2) is 27.2 Å². The van der Waals surface area contributed by atoms with E-state index in [9.17, 15) is 13.2 Å². The van der Waals surface area contributed by atoms with Gasteiger partial charge < -0.3 is 14.8 Å². The van der Waals surface area contributed by atoms with Gasteiger partial charge in [-0.1, -0.05) is 48.5 Å². The molecule has 0 saturated carbocycles. The van der Waals surface area contributed by atoms with Gasteiger partial charge in [-0.2, -0.15) is 0 Å². The number of hydrogen-bond donors (Lipinski definition) is 1. The average molecular weight is 503 g/mol. The zero-order valence-corrected chi connectivity index (χ0v) is 20.5. The fourth-order valence-corrected chi connectivity index (χ4v) is 4.32. The number of carbonyl (C=O) groups excluding carboxylic acids is 1. The highest BCUT2D eigenvalue weighted by atomic mass is 32.2. The number of sulfonamides is 1. The van der Waals surface area contributed by atoms with Crippen LogP contribution in [0.25, 0.3) is 0 Å². The molecule has 36 heavy (non-hydrogen) atoms. The van der Waals surface area contributed by atoms with E-state index in [0.717, 1.165) is 11.3 Å². The molecule has 4 aromatic rings. The fraction of sp³-hybridized carbons (Fsp3) is 0.107. The number of hydrogen-bond acceptors (Lipinski definition) is 5. The summed E-state index contributed by atoms with van der Waals surface area (Å²) in [6.07, 6.45) is 1.17. The number of nitrogens with one attached hydrogen (secondary N) is 1. The van der Waals surface area contributed by atoms with Gasteiger partial charge in [0, 0.05) is 5.69 Å². The van der Waals surface area contributed by atoms with Gasteiger partial charge in [-0.3, -0.25) is 9.10 Å². The maximum Gasteiger partial charge on any atom is 0.262 e. The van der Waals surface area contributed by atoms with E-state index >= 15 is 0 Å². The zero-order valence-electron chi connectivity index (χ0n) is 19.7. The van der Waals surface area contributed by atoms with Crippen molar-refractivity contribution in [2.24, 2.45) is 0 Å². The molecule has 8 heteroatoms. The molecule has 4 aromatic carbocycles. The maximum absolute atomic E-state index is 12.4. The Morgan fingerprint density at radius 1 is 0.750 bits per heavy atom. The lowest BCUT2D eigenvalue weighted by Crippen LogP contribution is -2.29. The third-order valence-corrected chi connectivity index (χ3v) is 6.32. The van der Waals surface area contributed by atoms with E-state index < -0.39 is 10.0 Å². The van der Waals surface area contributed by atoms with Gasteiger partial charge in [0.25, 0.3) is 5.91 Å². The van der Waals surface area contributed by atoms with Crippen molar-refractivity contribution < 1.29 is 22.7 Å². The second kappa shape index (κ2) is 11.4. The van der Waals surface area contributed by atoms with E-state index in [0.29, 0.717) is 22.9 Å². The van der Waals surface area contributed by atoms with Crippen molar-refractivity contribution >= 4 is 27.3 Å². The molecular formula is C28H26N2O5S. The highest BCUT2D eigenvalue weighted by Crippen LogP contribution is 2.25. The van der Waals surface area contributed by atoms with Crippen LogP contribution in [0.4, 0.5) is 11.4 Å². The Bertz CT molecular complexity index is 1380. The number of anilines is 2. The van der Waals surface area contributed by atoms with Crippen LogP contribution in [-0.2, 0) is 21.4 Å². The predicted molar refractivity (Wildman–Crippen MR) is 141 cm³/mol. The molecule has 4 rings (SSSR count). The standard InChI is InChI=1S/C28H26N2O5S/c1-36(32,33)30(20-22-8-4-2-5-9-22)24-14-18-25(19-15-24)34-21-28(31)29-23-12-16-27(17-13-23)35-26-10-6-3-7-11-26/h2-19H,20-21H2,1H3,(H,29,31). The van der Waals surface area contributed by atoms with Gasteiger partial charge in [0.05, 0.1) is 18.5 Å². The lowest BCUT2D eigenvalue weighted by atomic mass is 10.2. The van der Waals surface area contributed by atoms with Crippen LogP contribution in [0.5, 0.6) is 17.2 Å². The number of ether oxygens (including phenoxy) is 2. The summed E-state index contributed by atoms with van der Waals surface area (Å²) in [4.78, 5) is 12.3. The van der Waals surface area contributed by atoms with Gasteiger partial charge in [-0.05, 0) is 66.2 Å². The van der Waals surface area contributed by atoms with E-state index in [4.69, 9.17) is 9.47 Å². The van der Waals surface area contributed by atoms with Gasteiger partial charge in [0.2, 0.25) is 10.0 Å². The highest BCUT2D eigenvalue weighted by Gasteiger charge is 2.18. The van der Waals surface area contributed by atoms with Crippen molar-refractivity contribution in [1.82, 2.24) is 0 Å². The molecule has 0 heterocycles. The predicted octanol–water partition coefficient (Wildman–Crippen LogP) is 5.46. The number of rotatable bonds is 10. The largest absolute Gasteiger partial charge is 0.484 e. The molecule has 0 aliphatic carbocycles. The molecule has 7 nitrogen and oxygen atoms in total. The Balaban J connectivity index is 1.31. The lowest BCUT2D eigenvalue weighted by molar-refractivity contribution is -0.118. The van der Waals surface area contributed by atoms with Crippen molar-refractivity contribution in [3.05, 3.63) is 115 Å². The Morgan fingerprint density at radius 2 is 1.31 bits per heavy atom. The molecule has 184 valence electrons. The number of nitrogens with zero attached hydrogens (tertiary/aromatic N) is 1. The molecule has 0 aliphatic rings. The molecule has 0 radical (unpaired) electrons. The summed E-state index contributed by atoms with van der Waals surface area (Å²) < 4.78 is 37.4. The Labute approximate surface area is 211 Å².